The summed E-state index contributed by atoms with van der Waals surface area (Å²) in [4.78, 5) is 42.1. The first-order chi connectivity index (χ1) is 18.5. The van der Waals surface area contributed by atoms with Crippen LogP contribution in [-0.4, -0.2) is 46.7 Å². The topological polar surface area (TPSA) is 87.7 Å². The van der Waals surface area contributed by atoms with E-state index in [-0.39, 0.29) is 17.6 Å². The lowest BCUT2D eigenvalue weighted by atomic mass is 9.96. The van der Waals surface area contributed by atoms with Gasteiger partial charge in [-0.1, -0.05) is 80.3 Å². The monoisotopic (exact) mass is 555 g/mol. The van der Waals surface area contributed by atoms with Crippen molar-refractivity contribution in [2.24, 2.45) is 0 Å². The molecule has 0 aliphatic carbocycles. The summed E-state index contributed by atoms with van der Waals surface area (Å²) in [5.41, 5.74) is 2.99. The van der Waals surface area contributed by atoms with E-state index in [0.717, 1.165) is 47.9 Å². The highest BCUT2D eigenvalue weighted by atomic mass is 32.1. The van der Waals surface area contributed by atoms with Crippen LogP contribution in [0.5, 0.6) is 0 Å². The summed E-state index contributed by atoms with van der Waals surface area (Å²) < 4.78 is 5.39. The molecule has 0 fully saturated rings. The molecule has 2 rings (SSSR count). The molecular weight excluding hydrogens is 510 g/mol. The molecule has 0 aliphatic heterocycles. The van der Waals surface area contributed by atoms with Crippen LogP contribution >= 0.6 is 12.6 Å². The van der Waals surface area contributed by atoms with E-state index in [9.17, 15) is 14.4 Å². The second-order valence-electron chi connectivity index (χ2n) is 10.9. The van der Waals surface area contributed by atoms with Gasteiger partial charge in [0.2, 0.25) is 11.8 Å². The van der Waals surface area contributed by atoms with Crippen molar-refractivity contribution in [2.45, 2.75) is 91.5 Å². The molecule has 2 atom stereocenters. The number of hydrogen-bond acceptors (Lipinski definition) is 5. The van der Waals surface area contributed by atoms with Gasteiger partial charge in [0.25, 0.3) is 0 Å². The largest absolute Gasteiger partial charge is 0.444 e. The average Bonchev–Trinajstić information content (AvgIpc) is 2.87. The third-order valence-corrected chi connectivity index (χ3v) is 6.66. The number of hydrogen-bond donors (Lipinski definition) is 3. The first kappa shape index (κ1) is 32.2. The molecule has 0 bridgehead atoms. The summed E-state index contributed by atoms with van der Waals surface area (Å²) in [6, 6.07) is 13.7. The average molecular weight is 556 g/mol. The van der Waals surface area contributed by atoms with Crippen LogP contribution in [0.3, 0.4) is 0 Å². The molecule has 2 aromatic rings. The Morgan fingerprint density at radius 1 is 1.00 bits per heavy atom. The van der Waals surface area contributed by atoms with Gasteiger partial charge in [0, 0.05) is 18.8 Å². The Balaban J connectivity index is 2.45. The van der Waals surface area contributed by atoms with Crippen LogP contribution in [0.2, 0.25) is 0 Å². The highest BCUT2D eigenvalue weighted by Gasteiger charge is 2.36. The van der Waals surface area contributed by atoms with Crippen molar-refractivity contribution in [3.05, 3.63) is 70.8 Å². The number of nitrogens with zero attached hydrogens (tertiary/aromatic N) is 1. The maximum atomic E-state index is 14.0. The predicted octanol–water partition coefficient (Wildman–Crippen LogP) is 5.89. The fraction of sp³-hybridized carbons (Fsp3) is 0.516. The van der Waals surface area contributed by atoms with E-state index >= 15 is 0 Å². The van der Waals surface area contributed by atoms with Gasteiger partial charge in [-0.3, -0.25) is 9.59 Å². The number of amides is 3. The lowest BCUT2D eigenvalue weighted by Gasteiger charge is -2.35. The fourth-order valence-corrected chi connectivity index (χ4v) is 4.62. The number of benzene rings is 2. The van der Waals surface area contributed by atoms with Crippen molar-refractivity contribution >= 4 is 30.5 Å². The number of alkyl carbamates (subject to hydrolysis) is 1. The van der Waals surface area contributed by atoms with Crippen LogP contribution in [0.4, 0.5) is 4.79 Å². The van der Waals surface area contributed by atoms with Gasteiger partial charge in [-0.25, -0.2) is 4.79 Å². The Hall–Kier alpha value is -3.00. The SMILES string of the molecule is CCCCCCN(C(=O)C(CS)NC(=O)OC(C)(C)C)C(C(=O)NCc1ccccc1)c1ccc(C)cc1C. The molecule has 39 heavy (non-hydrogen) atoms. The Bertz CT molecular complexity index is 1080. The lowest BCUT2D eigenvalue weighted by Crippen LogP contribution is -2.54. The maximum Gasteiger partial charge on any atom is 0.408 e. The molecule has 0 radical (unpaired) electrons. The third-order valence-electron chi connectivity index (χ3n) is 6.30. The van der Waals surface area contributed by atoms with E-state index in [1.165, 1.54) is 0 Å². The number of ether oxygens (including phenoxy) is 1. The molecule has 7 nitrogen and oxygen atoms in total. The van der Waals surface area contributed by atoms with Gasteiger partial charge < -0.3 is 20.3 Å². The number of unbranched alkanes of at least 4 members (excludes halogenated alkanes) is 3. The molecule has 2 N–H and O–H groups in total. The van der Waals surface area contributed by atoms with E-state index in [0.29, 0.717) is 13.1 Å². The van der Waals surface area contributed by atoms with Crippen molar-refractivity contribution in [2.75, 3.05) is 12.3 Å². The molecule has 0 saturated carbocycles. The first-order valence-corrected chi connectivity index (χ1v) is 14.4. The van der Waals surface area contributed by atoms with Crippen LogP contribution < -0.4 is 10.6 Å². The standard InChI is InChI=1S/C31H45N3O4S/c1-7-8-9-13-18-34(29(36)26(21-39)33-30(37)38-31(4,5)6)27(25-17-16-22(2)19-23(25)3)28(35)32-20-24-14-11-10-12-15-24/h10-12,14-17,19,26-27,39H,7-9,13,18,20-21H2,1-6H3,(H,32,35)(H,33,37). The van der Waals surface area contributed by atoms with Crippen LogP contribution in [0.15, 0.2) is 48.5 Å². The molecule has 0 spiro atoms. The van der Waals surface area contributed by atoms with E-state index < -0.39 is 23.8 Å². The minimum absolute atomic E-state index is 0.0643. The van der Waals surface area contributed by atoms with E-state index in [1.54, 1.807) is 25.7 Å². The molecule has 3 amide bonds. The van der Waals surface area contributed by atoms with Crippen molar-refractivity contribution in [1.82, 2.24) is 15.5 Å². The number of thiol groups is 1. The zero-order valence-corrected chi connectivity index (χ0v) is 25.1. The van der Waals surface area contributed by atoms with Gasteiger partial charge >= 0.3 is 6.09 Å². The third kappa shape index (κ3) is 10.6. The van der Waals surface area contributed by atoms with Gasteiger partial charge in [0.15, 0.2) is 0 Å². The van der Waals surface area contributed by atoms with Gasteiger partial charge in [0.1, 0.15) is 17.7 Å². The Kier molecular flexibility index (Phi) is 12.8. The summed E-state index contributed by atoms with van der Waals surface area (Å²) >= 11 is 4.37. The van der Waals surface area contributed by atoms with E-state index in [4.69, 9.17) is 4.74 Å². The quantitative estimate of drug-likeness (QED) is 0.212. The van der Waals surface area contributed by atoms with Crippen LogP contribution in [0.25, 0.3) is 0 Å². The molecular formula is C31H45N3O4S. The number of carbonyl (C=O) groups excluding carboxylic acids is 3. The molecule has 0 saturated heterocycles. The summed E-state index contributed by atoms with van der Waals surface area (Å²) in [5, 5.41) is 5.71. The highest BCUT2D eigenvalue weighted by Crippen LogP contribution is 2.27. The highest BCUT2D eigenvalue weighted by molar-refractivity contribution is 7.80. The fourth-order valence-electron chi connectivity index (χ4n) is 4.38. The Morgan fingerprint density at radius 2 is 1.69 bits per heavy atom. The van der Waals surface area contributed by atoms with Crippen molar-refractivity contribution in [3.63, 3.8) is 0 Å². The Labute approximate surface area is 239 Å². The summed E-state index contributed by atoms with van der Waals surface area (Å²) in [6.45, 7) is 12.1. The van der Waals surface area contributed by atoms with Crippen molar-refractivity contribution in [3.8, 4) is 0 Å². The van der Waals surface area contributed by atoms with Gasteiger partial charge in [-0.15, -0.1) is 0 Å². The Morgan fingerprint density at radius 3 is 2.28 bits per heavy atom. The smallest absolute Gasteiger partial charge is 0.408 e. The summed E-state index contributed by atoms with van der Waals surface area (Å²) in [6.07, 6.45) is 3.04. The number of carbonyl (C=O) groups is 3. The number of aryl methyl sites for hydroxylation is 2. The molecule has 214 valence electrons. The van der Waals surface area contributed by atoms with Crippen LogP contribution in [0.1, 0.15) is 81.7 Å². The molecule has 0 heterocycles. The minimum atomic E-state index is -0.954. The summed E-state index contributed by atoms with van der Waals surface area (Å²) in [7, 11) is 0. The van der Waals surface area contributed by atoms with Gasteiger partial charge in [0.05, 0.1) is 0 Å². The summed E-state index contributed by atoms with van der Waals surface area (Å²) in [5.74, 6) is -0.577. The molecule has 2 unspecified atom stereocenters. The molecule has 0 aromatic heterocycles. The molecule has 8 heteroatoms. The van der Waals surface area contributed by atoms with Crippen LogP contribution in [0, 0.1) is 13.8 Å². The van der Waals surface area contributed by atoms with Crippen molar-refractivity contribution in [1.29, 1.82) is 0 Å². The zero-order valence-electron chi connectivity index (χ0n) is 24.3. The maximum absolute atomic E-state index is 14.0. The second-order valence-corrected chi connectivity index (χ2v) is 11.3. The normalized spacial score (nSPS) is 12.8. The minimum Gasteiger partial charge on any atom is -0.444 e. The van der Waals surface area contributed by atoms with Crippen molar-refractivity contribution < 1.29 is 19.1 Å². The first-order valence-electron chi connectivity index (χ1n) is 13.8. The molecule has 2 aromatic carbocycles. The van der Waals surface area contributed by atoms with Gasteiger partial charge in [-0.05, 0) is 57.7 Å². The zero-order chi connectivity index (χ0) is 29.0. The predicted molar refractivity (Wildman–Crippen MR) is 160 cm³/mol. The van der Waals surface area contributed by atoms with Crippen LogP contribution in [-0.2, 0) is 20.9 Å². The molecule has 0 aliphatic rings. The second kappa shape index (κ2) is 15.6. The number of rotatable bonds is 13. The van der Waals surface area contributed by atoms with Gasteiger partial charge in [-0.2, -0.15) is 12.6 Å². The van der Waals surface area contributed by atoms with E-state index in [1.807, 2.05) is 62.4 Å². The number of nitrogens with one attached hydrogen (secondary N) is 2. The van der Waals surface area contributed by atoms with E-state index in [2.05, 4.69) is 30.2 Å². The lowest BCUT2D eigenvalue weighted by molar-refractivity contribution is -0.142.